The van der Waals surface area contributed by atoms with Crippen LogP contribution in [0.4, 0.5) is 5.82 Å². The SMILES string of the molecule is C[C@H]1CCCCN1C(=O)[C@H]1CCc2nc(N)c3c(c2C1)COC3. The van der Waals surface area contributed by atoms with E-state index in [0.717, 1.165) is 49.9 Å². The van der Waals surface area contributed by atoms with Gasteiger partial charge in [-0.25, -0.2) is 4.98 Å². The number of aryl methyl sites for hydroxylation is 1. The first-order chi connectivity index (χ1) is 11.1. The fourth-order valence-electron chi connectivity index (χ4n) is 4.36. The third-order valence-electron chi connectivity index (χ3n) is 5.75. The third kappa shape index (κ3) is 2.51. The van der Waals surface area contributed by atoms with Crippen LogP contribution >= 0.6 is 0 Å². The first kappa shape index (κ1) is 14.9. The number of piperidine rings is 1. The van der Waals surface area contributed by atoms with Gasteiger partial charge in [-0.15, -0.1) is 0 Å². The number of amides is 1. The zero-order chi connectivity index (χ0) is 16.0. The Morgan fingerprint density at radius 3 is 2.87 bits per heavy atom. The van der Waals surface area contributed by atoms with E-state index in [2.05, 4.69) is 16.8 Å². The first-order valence-corrected chi connectivity index (χ1v) is 8.82. The summed E-state index contributed by atoms with van der Waals surface area (Å²) in [5.74, 6) is 1.05. The van der Waals surface area contributed by atoms with Crippen molar-refractivity contribution in [3.05, 3.63) is 22.4 Å². The molecule has 0 aromatic carbocycles. The Morgan fingerprint density at radius 2 is 2.04 bits per heavy atom. The maximum absolute atomic E-state index is 13.0. The van der Waals surface area contributed by atoms with Crippen molar-refractivity contribution in [2.24, 2.45) is 5.92 Å². The van der Waals surface area contributed by atoms with Gasteiger partial charge in [-0.05, 0) is 56.6 Å². The van der Waals surface area contributed by atoms with Crippen LogP contribution in [0.3, 0.4) is 0 Å². The predicted octanol–water partition coefficient (Wildman–Crippen LogP) is 2.20. The van der Waals surface area contributed by atoms with Crippen molar-refractivity contribution in [3.63, 3.8) is 0 Å². The molecule has 0 saturated carbocycles. The van der Waals surface area contributed by atoms with E-state index >= 15 is 0 Å². The van der Waals surface area contributed by atoms with Crippen molar-refractivity contribution in [3.8, 4) is 0 Å². The van der Waals surface area contributed by atoms with Crippen LogP contribution in [-0.4, -0.2) is 28.4 Å². The monoisotopic (exact) mass is 315 g/mol. The largest absolute Gasteiger partial charge is 0.383 e. The highest BCUT2D eigenvalue weighted by Crippen LogP contribution is 2.36. The molecule has 0 unspecified atom stereocenters. The molecule has 1 aromatic rings. The van der Waals surface area contributed by atoms with E-state index in [1.807, 2.05) is 0 Å². The highest BCUT2D eigenvalue weighted by Gasteiger charge is 2.34. The standard InChI is InChI=1S/C18H25N3O2/c1-11-4-2-3-7-21(11)18(22)12-5-6-16-13(8-12)14-9-23-10-15(14)17(19)20-16/h11-12H,2-10H2,1H3,(H2,19,20)/t11-,12-/m0/s1. The van der Waals surface area contributed by atoms with Crippen molar-refractivity contribution in [1.29, 1.82) is 0 Å². The Balaban J connectivity index is 1.59. The molecular weight excluding hydrogens is 290 g/mol. The van der Waals surface area contributed by atoms with Crippen molar-refractivity contribution < 1.29 is 9.53 Å². The van der Waals surface area contributed by atoms with Crippen LogP contribution in [0, 0.1) is 5.92 Å². The minimum Gasteiger partial charge on any atom is -0.383 e. The topological polar surface area (TPSA) is 68.5 Å². The van der Waals surface area contributed by atoms with Gasteiger partial charge in [0.1, 0.15) is 5.82 Å². The molecule has 1 amide bonds. The minimum absolute atomic E-state index is 0.0955. The lowest BCUT2D eigenvalue weighted by molar-refractivity contribution is -0.139. The quantitative estimate of drug-likeness (QED) is 0.862. The van der Waals surface area contributed by atoms with Gasteiger partial charge in [0.2, 0.25) is 5.91 Å². The van der Waals surface area contributed by atoms with Gasteiger partial charge in [-0.2, -0.15) is 0 Å². The van der Waals surface area contributed by atoms with E-state index in [1.165, 1.54) is 17.5 Å². The van der Waals surface area contributed by atoms with E-state index < -0.39 is 0 Å². The molecular formula is C18H25N3O2. The Bertz CT molecular complexity index is 644. The van der Waals surface area contributed by atoms with Gasteiger partial charge >= 0.3 is 0 Å². The number of nitrogens with two attached hydrogens (primary N) is 1. The summed E-state index contributed by atoms with van der Waals surface area (Å²) in [6.45, 7) is 4.28. The zero-order valence-corrected chi connectivity index (χ0v) is 13.8. The van der Waals surface area contributed by atoms with Gasteiger partial charge in [0.15, 0.2) is 0 Å². The average Bonchev–Trinajstić information content (AvgIpc) is 3.05. The molecule has 124 valence electrons. The third-order valence-corrected chi connectivity index (χ3v) is 5.75. The van der Waals surface area contributed by atoms with Crippen molar-refractivity contribution in [2.45, 2.75) is 64.7 Å². The minimum atomic E-state index is 0.0955. The fourth-order valence-corrected chi connectivity index (χ4v) is 4.36. The molecule has 3 aliphatic rings. The van der Waals surface area contributed by atoms with Gasteiger partial charge < -0.3 is 15.4 Å². The van der Waals surface area contributed by atoms with Crippen molar-refractivity contribution in [2.75, 3.05) is 12.3 Å². The smallest absolute Gasteiger partial charge is 0.226 e. The number of aromatic nitrogens is 1. The number of nitrogen functional groups attached to an aromatic ring is 1. The summed E-state index contributed by atoms with van der Waals surface area (Å²) in [6, 6.07) is 0.385. The van der Waals surface area contributed by atoms with Crippen LogP contribution in [0.1, 0.15) is 55.0 Å². The highest BCUT2D eigenvalue weighted by molar-refractivity contribution is 5.80. The average molecular weight is 315 g/mol. The molecule has 2 aliphatic heterocycles. The second-order valence-corrected chi connectivity index (χ2v) is 7.19. The lowest BCUT2D eigenvalue weighted by Gasteiger charge is -2.37. The molecule has 2 N–H and O–H groups in total. The zero-order valence-electron chi connectivity index (χ0n) is 13.8. The molecule has 23 heavy (non-hydrogen) atoms. The number of hydrogen-bond acceptors (Lipinski definition) is 4. The van der Waals surface area contributed by atoms with Gasteiger partial charge in [-0.3, -0.25) is 4.79 Å². The predicted molar refractivity (Wildman–Crippen MR) is 87.7 cm³/mol. The van der Waals surface area contributed by atoms with E-state index in [0.29, 0.717) is 31.0 Å². The van der Waals surface area contributed by atoms with Crippen LogP contribution in [0.5, 0.6) is 0 Å². The molecule has 1 fully saturated rings. The second-order valence-electron chi connectivity index (χ2n) is 7.19. The van der Waals surface area contributed by atoms with E-state index in [9.17, 15) is 4.79 Å². The van der Waals surface area contributed by atoms with Gasteiger partial charge in [0.25, 0.3) is 0 Å². The van der Waals surface area contributed by atoms with Crippen LogP contribution < -0.4 is 5.73 Å². The number of pyridine rings is 1. The molecule has 5 nitrogen and oxygen atoms in total. The Kier molecular flexibility index (Phi) is 3.76. The summed E-state index contributed by atoms with van der Waals surface area (Å²) in [5.41, 5.74) is 10.6. The summed E-state index contributed by atoms with van der Waals surface area (Å²) in [4.78, 5) is 19.7. The van der Waals surface area contributed by atoms with Gasteiger partial charge in [-0.1, -0.05) is 0 Å². The number of hydrogen-bond donors (Lipinski definition) is 1. The molecule has 1 aromatic heterocycles. The number of anilines is 1. The molecule has 4 rings (SSSR count). The molecule has 0 spiro atoms. The second kappa shape index (κ2) is 5.78. The maximum atomic E-state index is 13.0. The molecule has 0 bridgehead atoms. The Hall–Kier alpha value is -1.62. The summed E-state index contributed by atoms with van der Waals surface area (Å²) in [7, 11) is 0. The number of nitrogens with zero attached hydrogens (tertiary/aromatic N) is 2. The van der Waals surface area contributed by atoms with E-state index in [-0.39, 0.29) is 5.92 Å². The summed E-state index contributed by atoms with van der Waals surface area (Å²) >= 11 is 0. The summed E-state index contributed by atoms with van der Waals surface area (Å²) in [5, 5.41) is 0. The van der Waals surface area contributed by atoms with Crippen molar-refractivity contribution in [1.82, 2.24) is 9.88 Å². The lowest BCUT2D eigenvalue weighted by Crippen LogP contribution is -2.46. The maximum Gasteiger partial charge on any atom is 0.226 e. The molecule has 3 heterocycles. The number of rotatable bonds is 1. The summed E-state index contributed by atoms with van der Waals surface area (Å²) < 4.78 is 5.58. The first-order valence-electron chi connectivity index (χ1n) is 8.82. The normalized spacial score (nSPS) is 26.7. The van der Waals surface area contributed by atoms with Crippen LogP contribution in [0.15, 0.2) is 0 Å². The van der Waals surface area contributed by atoms with Gasteiger partial charge in [0.05, 0.1) is 13.2 Å². The van der Waals surface area contributed by atoms with E-state index in [4.69, 9.17) is 10.5 Å². The number of likely N-dealkylation sites (tertiary alicyclic amines) is 1. The molecule has 1 aliphatic carbocycles. The highest BCUT2D eigenvalue weighted by atomic mass is 16.5. The number of fused-ring (bicyclic) bond motifs is 3. The molecule has 1 saturated heterocycles. The van der Waals surface area contributed by atoms with Crippen molar-refractivity contribution >= 4 is 11.7 Å². The number of carbonyl (C=O) groups excluding carboxylic acids is 1. The lowest BCUT2D eigenvalue weighted by atomic mass is 9.82. The van der Waals surface area contributed by atoms with Crippen LogP contribution in [0.2, 0.25) is 0 Å². The van der Waals surface area contributed by atoms with E-state index in [1.54, 1.807) is 0 Å². The Labute approximate surface area is 137 Å². The molecule has 5 heteroatoms. The number of ether oxygens (including phenoxy) is 1. The van der Waals surface area contributed by atoms with Crippen LogP contribution in [-0.2, 0) is 35.6 Å². The molecule has 0 radical (unpaired) electrons. The van der Waals surface area contributed by atoms with Gasteiger partial charge in [0, 0.05) is 29.8 Å². The summed E-state index contributed by atoms with van der Waals surface area (Å²) in [6.07, 6.45) is 6.06. The number of carbonyl (C=O) groups is 1. The van der Waals surface area contributed by atoms with Crippen LogP contribution in [0.25, 0.3) is 0 Å². The Morgan fingerprint density at radius 1 is 1.22 bits per heavy atom. The fraction of sp³-hybridized carbons (Fsp3) is 0.667. The molecule has 2 atom stereocenters.